The number of rotatable bonds is 0. The molecule has 5 heterocycles. The molecule has 0 N–H and O–H groups in total. The van der Waals surface area contributed by atoms with Gasteiger partial charge in [-0.1, -0.05) is 97.1 Å². The second-order valence-electron chi connectivity index (χ2n) is 9.83. The summed E-state index contributed by atoms with van der Waals surface area (Å²) in [5.74, 6) is 3.36. The van der Waals surface area contributed by atoms with Crippen LogP contribution in [0.5, 0.6) is 0 Å². The van der Waals surface area contributed by atoms with Crippen molar-refractivity contribution >= 4 is 40.0 Å². The summed E-state index contributed by atoms with van der Waals surface area (Å²) < 4.78 is 0. The first-order valence-electron chi connectivity index (χ1n) is 13.0. The molecule has 8 nitrogen and oxygen atoms in total. The van der Waals surface area contributed by atoms with Crippen molar-refractivity contribution in [1.82, 2.24) is 4.98 Å². The molecule has 196 valence electrons. The van der Waals surface area contributed by atoms with Gasteiger partial charge in [0.25, 0.3) is 0 Å². The maximum Gasteiger partial charge on any atom is 1.00 e. The van der Waals surface area contributed by atoms with Crippen molar-refractivity contribution in [2.75, 3.05) is 0 Å². The van der Waals surface area contributed by atoms with Gasteiger partial charge in [0, 0.05) is 38.8 Å². The fourth-order valence-electron chi connectivity index (χ4n) is 5.61. The first-order chi connectivity index (χ1) is 19.8. The SMILES string of the molecule is C1=CC2=C3N=C4N=C(N=c5[n-]c(c6ccccc56)=NC5=NC(=NC(=N3)C2C=C1)c1ccccc15)c1ccccc14.[Cu+]. The number of aromatic nitrogens is 1. The van der Waals surface area contributed by atoms with E-state index in [2.05, 4.69) is 6.08 Å². The zero-order valence-corrected chi connectivity index (χ0v) is 22.1. The molecule has 0 radical (unpaired) electrons. The largest absolute Gasteiger partial charge is 1.00 e. The minimum Gasteiger partial charge on any atom is -0.357 e. The summed E-state index contributed by atoms with van der Waals surface area (Å²) in [5.41, 5.74) is 5.70. The van der Waals surface area contributed by atoms with E-state index < -0.39 is 0 Å². The molecule has 9 rings (SSSR count). The molecular weight excluding hydrogens is 560 g/mol. The van der Waals surface area contributed by atoms with Crippen LogP contribution in [0.15, 0.2) is 143 Å². The van der Waals surface area contributed by atoms with Crippen LogP contribution in [0.25, 0.3) is 10.8 Å². The Morgan fingerprint density at radius 1 is 0.512 bits per heavy atom. The second kappa shape index (κ2) is 8.96. The van der Waals surface area contributed by atoms with Crippen molar-refractivity contribution in [1.29, 1.82) is 0 Å². The standard InChI is InChI=1S/C32H17N8.Cu/c1-2-10-18-17(9-1)25-33-26(18)38-28-21-13-5-6-14-22(21)30(35-28)40-32-24-16-8-7-15-23(24)31(36-32)39-29-20-12-4-3-11-19(20)27(34-29)37-25;/h1-17H;/q-1;+1. The van der Waals surface area contributed by atoms with Crippen LogP contribution < -0.4 is 16.0 Å². The van der Waals surface area contributed by atoms with Crippen LogP contribution in [0, 0.1) is 5.92 Å². The fraction of sp³-hybridized carbons (Fsp3) is 0.0312. The number of nitrogens with zero attached hydrogens (tertiary/aromatic N) is 8. The van der Waals surface area contributed by atoms with E-state index in [1.165, 1.54) is 0 Å². The van der Waals surface area contributed by atoms with Crippen LogP contribution in [0.3, 0.4) is 0 Å². The minimum atomic E-state index is -0.122. The molecule has 3 aromatic carbocycles. The van der Waals surface area contributed by atoms with E-state index in [1.54, 1.807) is 0 Å². The molecule has 8 bridgehead atoms. The number of benzene rings is 3. The Morgan fingerprint density at radius 2 is 1.02 bits per heavy atom. The average Bonchev–Trinajstić information content (AvgIpc) is 3.73. The number of aliphatic imine (C=N–C) groups is 5. The molecule has 4 aromatic rings. The Morgan fingerprint density at radius 3 is 1.61 bits per heavy atom. The van der Waals surface area contributed by atoms with E-state index in [1.807, 2.05) is 91.0 Å². The molecule has 0 spiro atoms. The van der Waals surface area contributed by atoms with Crippen LogP contribution in [0.4, 0.5) is 0 Å². The van der Waals surface area contributed by atoms with Gasteiger partial charge in [0.2, 0.25) is 0 Å². The number of amidine groups is 5. The van der Waals surface area contributed by atoms with E-state index in [9.17, 15) is 0 Å². The third-order valence-corrected chi connectivity index (χ3v) is 7.50. The zero-order valence-electron chi connectivity index (χ0n) is 21.2. The van der Waals surface area contributed by atoms with Crippen molar-refractivity contribution in [2.24, 2.45) is 40.9 Å². The van der Waals surface area contributed by atoms with E-state index in [0.29, 0.717) is 46.0 Å². The molecule has 4 aliphatic heterocycles. The summed E-state index contributed by atoms with van der Waals surface area (Å²) >= 11 is 0. The molecule has 0 saturated heterocycles. The van der Waals surface area contributed by atoms with Gasteiger partial charge in [-0.25, -0.2) is 25.0 Å². The Hall–Kier alpha value is -5.11. The summed E-state index contributed by atoms with van der Waals surface area (Å²) in [6.45, 7) is 0. The molecule has 0 saturated carbocycles. The molecule has 1 aromatic heterocycles. The van der Waals surface area contributed by atoms with Gasteiger partial charge < -0.3 is 15.0 Å². The van der Waals surface area contributed by atoms with Gasteiger partial charge in [-0.15, -0.1) is 0 Å². The van der Waals surface area contributed by atoms with Gasteiger partial charge in [0.1, 0.15) is 5.84 Å². The third kappa shape index (κ3) is 3.57. The van der Waals surface area contributed by atoms with Gasteiger partial charge >= 0.3 is 17.1 Å². The van der Waals surface area contributed by atoms with E-state index in [-0.39, 0.29) is 23.0 Å². The molecule has 1 aliphatic carbocycles. The monoisotopic (exact) mass is 576 g/mol. The Kier molecular flexibility index (Phi) is 5.19. The topological polar surface area (TPSA) is 101 Å². The van der Waals surface area contributed by atoms with Crippen LogP contribution in [0.2, 0.25) is 0 Å². The van der Waals surface area contributed by atoms with E-state index in [0.717, 1.165) is 38.6 Å². The first kappa shape index (κ1) is 23.7. The number of hydrogen-bond donors (Lipinski definition) is 0. The smallest absolute Gasteiger partial charge is 0.357 e. The van der Waals surface area contributed by atoms with Gasteiger partial charge in [0.05, 0.1) is 17.6 Å². The van der Waals surface area contributed by atoms with Crippen LogP contribution in [-0.4, -0.2) is 29.2 Å². The molecule has 0 amide bonds. The molecule has 9 heteroatoms. The van der Waals surface area contributed by atoms with Gasteiger partial charge in [-0.2, -0.15) is 0 Å². The number of hydrogen-bond acceptors (Lipinski definition) is 7. The summed E-state index contributed by atoms with van der Waals surface area (Å²) in [6, 6.07) is 23.9. The minimum absolute atomic E-state index is 0. The predicted octanol–water partition coefficient (Wildman–Crippen LogP) is 3.83. The summed E-state index contributed by atoms with van der Waals surface area (Å²) in [5, 5.41) is 1.79. The number of allylic oxidation sites excluding steroid dienone is 3. The molecule has 41 heavy (non-hydrogen) atoms. The maximum absolute atomic E-state index is 4.99. The first-order valence-corrected chi connectivity index (χ1v) is 13.0. The molecule has 1 unspecified atom stereocenters. The summed E-state index contributed by atoms with van der Waals surface area (Å²) in [4.78, 5) is 39.4. The zero-order chi connectivity index (χ0) is 26.2. The van der Waals surface area contributed by atoms with E-state index in [4.69, 9.17) is 39.9 Å². The number of fused-ring (bicyclic) bond motifs is 16. The van der Waals surface area contributed by atoms with E-state index >= 15 is 0 Å². The van der Waals surface area contributed by atoms with Crippen molar-refractivity contribution in [2.45, 2.75) is 0 Å². The van der Waals surface area contributed by atoms with Crippen LogP contribution >= 0.6 is 0 Å². The van der Waals surface area contributed by atoms with Gasteiger partial charge in [-0.05, 0) is 10.8 Å². The normalized spacial score (nSPS) is 19.1. The average molecular weight is 577 g/mol. The summed E-state index contributed by atoms with van der Waals surface area (Å²) in [6.07, 6.45) is 8.14. The quantitative estimate of drug-likeness (QED) is 0.292. The van der Waals surface area contributed by atoms with Crippen molar-refractivity contribution in [3.63, 3.8) is 0 Å². The van der Waals surface area contributed by atoms with Crippen molar-refractivity contribution in [3.05, 3.63) is 142 Å². The van der Waals surface area contributed by atoms with Crippen molar-refractivity contribution < 1.29 is 17.1 Å². The Labute approximate surface area is 244 Å². The molecule has 0 fully saturated rings. The molecule has 1 atom stereocenters. The maximum atomic E-state index is 4.99. The van der Waals surface area contributed by atoms with Crippen LogP contribution in [0.1, 0.15) is 22.3 Å². The Bertz CT molecular complexity index is 2220. The molecule has 5 aliphatic rings. The van der Waals surface area contributed by atoms with Gasteiger partial charge in [-0.3, -0.25) is 0 Å². The Balaban J connectivity index is 0.00000256. The van der Waals surface area contributed by atoms with Gasteiger partial charge in [0.15, 0.2) is 17.5 Å². The predicted molar refractivity (Wildman–Crippen MR) is 155 cm³/mol. The third-order valence-electron chi connectivity index (χ3n) is 7.50. The second-order valence-corrected chi connectivity index (χ2v) is 9.83. The van der Waals surface area contributed by atoms with Crippen LogP contribution in [-0.2, 0) is 17.1 Å². The van der Waals surface area contributed by atoms with Crippen molar-refractivity contribution in [3.8, 4) is 0 Å². The molecular formula is C32H17CuN8. The summed E-state index contributed by atoms with van der Waals surface area (Å²) in [7, 11) is 0. The fourth-order valence-corrected chi connectivity index (χ4v) is 5.61.